The molecule has 0 bridgehead atoms. The molecule has 0 saturated heterocycles. The Morgan fingerprint density at radius 1 is 1.00 bits per heavy atom. The minimum Gasteiger partial charge on any atom is -0.300 e. The monoisotopic (exact) mass is 334 g/mol. The molecule has 1 aromatic carbocycles. The number of rotatable bonds is 5. The Kier molecular flexibility index (Phi) is 4.72. The first-order valence-corrected chi connectivity index (χ1v) is 9.56. The average molecular weight is 334 g/mol. The lowest BCUT2D eigenvalue weighted by Crippen LogP contribution is -2.22. The van der Waals surface area contributed by atoms with Gasteiger partial charge in [0.25, 0.3) is 0 Å². The van der Waals surface area contributed by atoms with E-state index in [1.165, 1.54) is 36.1 Å². The lowest BCUT2D eigenvalue weighted by atomic mass is 9.89. The van der Waals surface area contributed by atoms with Crippen LogP contribution in [-0.2, 0) is 19.4 Å². The van der Waals surface area contributed by atoms with Crippen molar-refractivity contribution >= 4 is 11.3 Å². The lowest BCUT2D eigenvalue weighted by molar-refractivity contribution is 0.601. The third kappa shape index (κ3) is 3.42. The van der Waals surface area contributed by atoms with E-state index in [4.69, 9.17) is 0 Å². The fourth-order valence-electron chi connectivity index (χ4n) is 3.48. The Hall–Kier alpha value is -1.97. The molecule has 1 atom stereocenters. The van der Waals surface area contributed by atoms with E-state index in [1.54, 1.807) is 11.1 Å². The van der Waals surface area contributed by atoms with Crippen LogP contribution in [0, 0.1) is 0 Å². The molecule has 2 aromatic heterocycles. The van der Waals surface area contributed by atoms with Gasteiger partial charge >= 0.3 is 0 Å². The molecule has 1 aliphatic carbocycles. The summed E-state index contributed by atoms with van der Waals surface area (Å²) in [6.07, 6.45) is 6.97. The molecule has 3 heteroatoms. The summed E-state index contributed by atoms with van der Waals surface area (Å²) in [5, 5.41) is 5.87. The van der Waals surface area contributed by atoms with Gasteiger partial charge in [-0.05, 0) is 66.0 Å². The number of hydrogen-bond donors (Lipinski definition) is 1. The number of thiophene rings is 1. The van der Waals surface area contributed by atoms with Crippen LogP contribution in [0.2, 0.25) is 0 Å². The molecular formula is C21H22N2S. The molecular weight excluding hydrogens is 312 g/mol. The van der Waals surface area contributed by atoms with Gasteiger partial charge < -0.3 is 0 Å². The normalized spacial score (nSPS) is 15.0. The molecule has 4 rings (SSSR count). The fraction of sp³-hybridized carbons (Fsp3) is 0.286. The highest BCUT2D eigenvalue weighted by Gasteiger charge is 2.17. The van der Waals surface area contributed by atoms with Crippen molar-refractivity contribution in [1.29, 1.82) is 0 Å². The molecule has 0 fully saturated rings. The van der Waals surface area contributed by atoms with E-state index in [1.807, 2.05) is 29.7 Å². The molecule has 0 spiro atoms. The van der Waals surface area contributed by atoms with Crippen LogP contribution in [0.25, 0.3) is 0 Å². The van der Waals surface area contributed by atoms with E-state index in [0.717, 1.165) is 12.2 Å². The number of aryl methyl sites for hydroxylation is 2. The highest BCUT2D eigenvalue weighted by Crippen LogP contribution is 2.30. The largest absolute Gasteiger partial charge is 0.300 e. The molecule has 0 saturated carbocycles. The molecule has 1 N–H and O–H groups in total. The molecule has 2 nitrogen and oxygen atoms in total. The smallest absolute Gasteiger partial charge is 0.0674 e. The molecule has 122 valence electrons. The van der Waals surface area contributed by atoms with E-state index < -0.39 is 0 Å². The minimum absolute atomic E-state index is 0.235. The quantitative estimate of drug-likeness (QED) is 0.718. The van der Waals surface area contributed by atoms with Crippen molar-refractivity contribution < 1.29 is 0 Å². The third-order valence-corrected chi connectivity index (χ3v) is 5.68. The maximum absolute atomic E-state index is 4.44. The van der Waals surface area contributed by atoms with Gasteiger partial charge in [-0.15, -0.1) is 11.3 Å². The molecule has 1 unspecified atom stereocenters. The number of hydrogen-bond acceptors (Lipinski definition) is 3. The van der Waals surface area contributed by atoms with Crippen molar-refractivity contribution in [1.82, 2.24) is 10.3 Å². The summed E-state index contributed by atoms with van der Waals surface area (Å²) < 4.78 is 0. The second-order valence-electron chi connectivity index (χ2n) is 6.39. The summed E-state index contributed by atoms with van der Waals surface area (Å²) in [5.74, 6) is 0. The third-order valence-electron chi connectivity index (χ3n) is 4.75. The lowest BCUT2D eigenvalue weighted by Gasteiger charge is -2.22. The highest BCUT2D eigenvalue weighted by molar-refractivity contribution is 7.10. The Labute approximate surface area is 147 Å². The summed E-state index contributed by atoms with van der Waals surface area (Å²) in [7, 11) is 0. The van der Waals surface area contributed by atoms with Gasteiger partial charge in [-0.1, -0.05) is 30.3 Å². The van der Waals surface area contributed by atoms with E-state index in [2.05, 4.69) is 52.1 Å². The predicted molar refractivity (Wildman–Crippen MR) is 100 cm³/mol. The van der Waals surface area contributed by atoms with Crippen molar-refractivity contribution in [2.24, 2.45) is 0 Å². The first-order valence-electron chi connectivity index (χ1n) is 8.68. The van der Waals surface area contributed by atoms with Gasteiger partial charge in [-0.3, -0.25) is 10.3 Å². The van der Waals surface area contributed by atoms with Gasteiger partial charge in [-0.2, -0.15) is 0 Å². The maximum atomic E-state index is 4.44. The molecule has 3 aromatic rings. The molecule has 0 radical (unpaired) electrons. The van der Waals surface area contributed by atoms with Gasteiger partial charge in [0.2, 0.25) is 0 Å². The number of benzene rings is 1. The van der Waals surface area contributed by atoms with Crippen molar-refractivity contribution in [3.05, 3.63) is 87.4 Å². The number of pyridine rings is 1. The highest BCUT2D eigenvalue weighted by atomic mass is 32.1. The molecule has 0 amide bonds. The van der Waals surface area contributed by atoms with Crippen molar-refractivity contribution in [2.75, 3.05) is 0 Å². The summed E-state index contributed by atoms with van der Waals surface area (Å²) in [6.45, 7) is 0.778. The van der Waals surface area contributed by atoms with Crippen molar-refractivity contribution in [2.45, 2.75) is 38.3 Å². The van der Waals surface area contributed by atoms with Crippen molar-refractivity contribution in [3.63, 3.8) is 0 Å². The van der Waals surface area contributed by atoms with Crippen LogP contribution in [-0.4, -0.2) is 4.98 Å². The zero-order valence-electron chi connectivity index (χ0n) is 13.7. The van der Waals surface area contributed by atoms with Crippen LogP contribution in [0.5, 0.6) is 0 Å². The zero-order valence-corrected chi connectivity index (χ0v) is 14.6. The summed E-state index contributed by atoms with van der Waals surface area (Å²) >= 11 is 1.82. The van der Waals surface area contributed by atoms with Crippen LogP contribution >= 0.6 is 11.3 Å². The summed E-state index contributed by atoms with van der Waals surface area (Å²) in [6, 6.07) is 17.7. The van der Waals surface area contributed by atoms with E-state index >= 15 is 0 Å². The van der Waals surface area contributed by atoms with Gasteiger partial charge in [0.05, 0.1) is 11.7 Å². The predicted octanol–water partition coefficient (Wildman–Crippen LogP) is 4.90. The standard InChI is InChI=1S/C21H22N2S/c1-2-7-17-14-18(11-10-16(17)6-1)21(20-9-5-13-24-20)23-15-19-8-3-4-12-22-19/h3-5,8-14,21,23H,1-2,6-7,15H2. The summed E-state index contributed by atoms with van der Waals surface area (Å²) in [4.78, 5) is 5.80. The Bertz CT molecular complexity index is 781. The second kappa shape index (κ2) is 7.29. The van der Waals surface area contributed by atoms with Gasteiger partial charge in [0.1, 0.15) is 0 Å². The minimum atomic E-state index is 0.235. The van der Waals surface area contributed by atoms with Gasteiger partial charge in [0, 0.05) is 17.6 Å². The second-order valence-corrected chi connectivity index (χ2v) is 7.36. The zero-order chi connectivity index (χ0) is 16.2. The topological polar surface area (TPSA) is 24.9 Å². The molecule has 1 aliphatic rings. The van der Waals surface area contributed by atoms with Gasteiger partial charge in [0.15, 0.2) is 0 Å². The Balaban J connectivity index is 1.61. The van der Waals surface area contributed by atoms with Crippen molar-refractivity contribution in [3.8, 4) is 0 Å². The van der Waals surface area contributed by atoms with E-state index in [0.29, 0.717) is 0 Å². The molecule has 24 heavy (non-hydrogen) atoms. The van der Waals surface area contributed by atoms with Crippen LogP contribution < -0.4 is 5.32 Å². The van der Waals surface area contributed by atoms with Crippen LogP contribution in [0.1, 0.15) is 46.1 Å². The van der Waals surface area contributed by atoms with E-state index in [9.17, 15) is 0 Å². The first-order chi connectivity index (χ1) is 11.9. The van der Waals surface area contributed by atoms with E-state index in [-0.39, 0.29) is 6.04 Å². The van der Waals surface area contributed by atoms with Crippen LogP contribution in [0.4, 0.5) is 0 Å². The number of fused-ring (bicyclic) bond motifs is 1. The maximum Gasteiger partial charge on any atom is 0.0674 e. The SMILES string of the molecule is c1ccc(CNC(c2ccc3c(c2)CCCC3)c2cccs2)nc1. The molecule has 0 aliphatic heterocycles. The number of nitrogens with zero attached hydrogens (tertiary/aromatic N) is 1. The summed E-state index contributed by atoms with van der Waals surface area (Å²) in [5.41, 5.74) is 5.53. The Morgan fingerprint density at radius 2 is 1.92 bits per heavy atom. The van der Waals surface area contributed by atoms with Crippen LogP contribution in [0.3, 0.4) is 0 Å². The fourth-order valence-corrected chi connectivity index (χ4v) is 4.31. The number of aromatic nitrogens is 1. The first kappa shape index (κ1) is 15.6. The average Bonchev–Trinajstić information content (AvgIpc) is 3.17. The Morgan fingerprint density at radius 3 is 2.71 bits per heavy atom. The number of nitrogens with one attached hydrogen (secondary N) is 1. The van der Waals surface area contributed by atoms with Gasteiger partial charge in [-0.25, -0.2) is 0 Å². The molecule has 2 heterocycles. The van der Waals surface area contributed by atoms with Crippen LogP contribution in [0.15, 0.2) is 60.1 Å².